The van der Waals surface area contributed by atoms with Crippen LogP contribution in [0.25, 0.3) is 11.4 Å². The number of aryl methyl sites for hydroxylation is 1. The normalized spacial score (nSPS) is 10.6. The van der Waals surface area contributed by atoms with Gasteiger partial charge in [0, 0.05) is 31.7 Å². The second kappa shape index (κ2) is 10.9. The number of anilines is 1. The van der Waals surface area contributed by atoms with Crippen molar-refractivity contribution < 1.29 is 23.5 Å². The van der Waals surface area contributed by atoms with Crippen molar-refractivity contribution in [1.29, 1.82) is 0 Å². The van der Waals surface area contributed by atoms with E-state index in [1.807, 2.05) is 24.3 Å². The van der Waals surface area contributed by atoms with E-state index in [1.165, 1.54) is 0 Å². The van der Waals surface area contributed by atoms with E-state index in [2.05, 4.69) is 20.4 Å². The Kier molecular flexibility index (Phi) is 7.73. The second-order valence-corrected chi connectivity index (χ2v) is 6.34. The zero-order valence-corrected chi connectivity index (χ0v) is 17.0. The molecule has 0 saturated heterocycles. The molecule has 1 N–H and O–H groups in total. The summed E-state index contributed by atoms with van der Waals surface area (Å²) in [5.41, 5.74) is 1.36. The molecule has 0 aliphatic heterocycles. The summed E-state index contributed by atoms with van der Waals surface area (Å²) in [6, 6.07) is 10.9. The monoisotopic (exact) mass is 412 g/mol. The molecule has 0 aliphatic rings. The zero-order valence-electron chi connectivity index (χ0n) is 17.0. The Bertz CT molecular complexity index is 943. The highest BCUT2D eigenvalue weighted by Crippen LogP contribution is 2.22. The van der Waals surface area contributed by atoms with E-state index < -0.39 is 0 Å². The first-order valence-electron chi connectivity index (χ1n) is 9.53. The molecule has 0 saturated carbocycles. The number of amides is 1. The number of nitrogens with one attached hydrogen (secondary N) is 1. The lowest BCUT2D eigenvalue weighted by atomic mass is 10.2. The van der Waals surface area contributed by atoms with Crippen molar-refractivity contribution >= 4 is 11.6 Å². The van der Waals surface area contributed by atoms with E-state index in [4.69, 9.17) is 18.7 Å². The quantitative estimate of drug-likeness (QED) is 0.479. The molecule has 0 spiro atoms. The number of nitrogens with zero attached hydrogens (tertiary/aromatic N) is 3. The van der Waals surface area contributed by atoms with Crippen LogP contribution in [0.2, 0.25) is 0 Å². The minimum atomic E-state index is -0.144. The van der Waals surface area contributed by atoms with E-state index in [1.54, 1.807) is 32.5 Å². The van der Waals surface area contributed by atoms with Gasteiger partial charge in [0.15, 0.2) is 0 Å². The molecule has 1 amide bonds. The first-order valence-corrected chi connectivity index (χ1v) is 9.53. The van der Waals surface area contributed by atoms with E-state index in [9.17, 15) is 4.79 Å². The van der Waals surface area contributed by atoms with Gasteiger partial charge in [-0.1, -0.05) is 5.16 Å². The van der Waals surface area contributed by atoms with E-state index in [0.717, 1.165) is 11.3 Å². The van der Waals surface area contributed by atoms with Crippen LogP contribution in [-0.2, 0) is 16.0 Å². The smallest absolute Gasteiger partial charge is 0.237 e. The number of ether oxygens (including phenoxy) is 3. The first-order chi connectivity index (χ1) is 14.7. The maximum atomic E-state index is 12.3. The molecular weight excluding hydrogens is 388 g/mol. The van der Waals surface area contributed by atoms with Gasteiger partial charge in [-0.15, -0.1) is 0 Å². The highest BCUT2D eigenvalue weighted by Gasteiger charge is 2.12. The average Bonchev–Trinajstić information content (AvgIpc) is 3.24. The van der Waals surface area contributed by atoms with Gasteiger partial charge in [-0.05, 0) is 42.8 Å². The molecule has 3 rings (SSSR count). The molecule has 3 aromatic rings. The highest BCUT2D eigenvalue weighted by atomic mass is 16.5. The summed E-state index contributed by atoms with van der Waals surface area (Å²) in [6.45, 7) is 0.788. The fourth-order valence-corrected chi connectivity index (χ4v) is 2.65. The van der Waals surface area contributed by atoms with Gasteiger partial charge in [0.05, 0.1) is 13.7 Å². The predicted octanol–water partition coefficient (Wildman–Crippen LogP) is 3.13. The molecule has 158 valence electrons. The van der Waals surface area contributed by atoms with Crippen LogP contribution in [0.3, 0.4) is 0 Å². The maximum Gasteiger partial charge on any atom is 0.237 e. The topological polar surface area (TPSA) is 109 Å². The minimum absolute atomic E-state index is 0.144. The summed E-state index contributed by atoms with van der Waals surface area (Å²) in [6.07, 6.45) is 2.97. The Balaban J connectivity index is 1.48. The van der Waals surface area contributed by atoms with Crippen molar-refractivity contribution in [3.63, 3.8) is 0 Å². The third kappa shape index (κ3) is 6.02. The van der Waals surface area contributed by atoms with Gasteiger partial charge in [-0.3, -0.25) is 4.79 Å². The number of carbonyl (C=O) groups excluding carboxylic acids is 1. The number of carbonyl (C=O) groups is 1. The van der Waals surface area contributed by atoms with Crippen molar-refractivity contribution in [2.75, 3.05) is 32.8 Å². The standard InChI is InChI=1S/C21H24N4O5/c1-27-13-14-29-21-17(5-4-12-22-21)23-18(26)6-3-7-19-24-20(25-30-19)15-8-10-16(28-2)11-9-15/h4-5,8-12H,3,6-7,13-14H2,1-2H3,(H,23,26). The summed E-state index contributed by atoms with van der Waals surface area (Å²) in [4.78, 5) is 20.8. The molecule has 9 heteroatoms. The third-order valence-corrected chi connectivity index (χ3v) is 4.18. The average molecular weight is 412 g/mol. The molecule has 0 bridgehead atoms. The van der Waals surface area contributed by atoms with Gasteiger partial charge in [-0.25, -0.2) is 4.98 Å². The zero-order chi connectivity index (χ0) is 21.2. The Morgan fingerprint density at radius 1 is 1.13 bits per heavy atom. The SMILES string of the molecule is COCCOc1ncccc1NC(=O)CCCc1nc(-c2ccc(OC)cc2)no1. The van der Waals surface area contributed by atoms with E-state index >= 15 is 0 Å². The second-order valence-electron chi connectivity index (χ2n) is 6.34. The highest BCUT2D eigenvalue weighted by molar-refractivity contribution is 5.91. The van der Waals surface area contributed by atoms with Crippen LogP contribution in [0, 0.1) is 0 Å². The van der Waals surface area contributed by atoms with Crippen LogP contribution in [-0.4, -0.2) is 48.5 Å². The summed E-state index contributed by atoms with van der Waals surface area (Å²) < 4.78 is 20.9. The van der Waals surface area contributed by atoms with Gasteiger partial charge < -0.3 is 24.1 Å². The van der Waals surface area contributed by atoms with E-state index in [0.29, 0.717) is 55.8 Å². The van der Waals surface area contributed by atoms with Crippen LogP contribution in [0.1, 0.15) is 18.7 Å². The fraction of sp³-hybridized carbons (Fsp3) is 0.333. The molecule has 9 nitrogen and oxygen atoms in total. The molecule has 30 heavy (non-hydrogen) atoms. The molecule has 0 fully saturated rings. The van der Waals surface area contributed by atoms with Crippen LogP contribution < -0.4 is 14.8 Å². The number of pyridine rings is 1. The van der Waals surface area contributed by atoms with Gasteiger partial charge in [0.2, 0.25) is 23.5 Å². The molecule has 1 aromatic carbocycles. The lowest BCUT2D eigenvalue weighted by Gasteiger charge is -2.10. The van der Waals surface area contributed by atoms with Gasteiger partial charge in [-0.2, -0.15) is 4.98 Å². The van der Waals surface area contributed by atoms with Crippen LogP contribution >= 0.6 is 0 Å². The summed E-state index contributed by atoms with van der Waals surface area (Å²) in [7, 11) is 3.20. The van der Waals surface area contributed by atoms with E-state index in [-0.39, 0.29) is 5.91 Å². The molecule has 2 aromatic heterocycles. The van der Waals surface area contributed by atoms with Crippen LogP contribution in [0.15, 0.2) is 47.1 Å². The minimum Gasteiger partial charge on any atom is -0.497 e. The largest absolute Gasteiger partial charge is 0.497 e. The van der Waals surface area contributed by atoms with Crippen molar-refractivity contribution in [1.82, 2.24) is 15.1 Å². The number of rotatable bonds is 11. The number of hydrogen-bond acceptors (Lipinski definition) is 8. The number of hydrogen-bond donors (Lipinski definition) is 1. The van der Waals surface area contributed by atoms with Crippen molar-refractivity contribution in [3.8, 4) is 23.0 Å². The number of benzene rings is 1. The lowest BCUT2D eigenvalue weighted by molar-refractivity contribution is -0.116. The molecular formula is C21H24N4O5. The fourth-order valence-electron chi connectivity index (χ4n) is 2.65. The summed E-state index contributed by atoms with van der Waals surface area (Å²) >= 11 is 0. The third-order valence-electron chi connectivity index (χ3n) is 4.18. The molecule has 2 heterocycles. The number of aromatic nitrogens is 3. The Labute approximate surface area is 174 Å². The van der Waals surface area contributed by atoms with Crippen LogP contribution in [0.4, 0.5) is 5.69 Å². The Morgan fingerprint density at radius 3 is 2.73 bits per heavy atom. The first kappa shape index (κ1) is 21.3. The Morgan fingerprint density at radius 2 is 1.97 bits per heavy atom. The molecule has 0 unspecified atom stereocenters. The summed E-state index contributed by atoms with van der Waals surface area (Å²) in [5, 5.41) is 6.81. The molecule has 0 aliphatic carbocycles. The van der Waals surface area contributed by atoms with Gasteiger partial charge >= 0.3 is 0 Å². The van der Waals surface area contributed by atoms with Crippen molar-refractivity contribution in [2.24, 2.45) is 0 Å². The maximum absolute atomic E-state index is 12.3. The lowest BCUT2D eigenvalue weighted by Crippen LogP contribution is -2.14. The van der Waals surface area contributed by atoms with Crippen molar-refractivity contribution in [2.45, 2.75) is 19.3 Å². The van der Waals surface area contributed by atoms with Crippen LogP contribution in [0.5, 0.6) is 11.6 Å². The molecule has 0 radical (unpaired) electrons. The summed E-state index contributed by atoms with van der Waals surface area (Å²) in [5.74, 6) is 1.97. The molecule has 0 atom stereocenters. The predicted molar refractivity (Wildman–Crippen MR) is 109 cm³/mol. The van der Waals surface area contributed by atoms with Crippen molar-refractivity contribution in [3.05, 3.63) is 48.5 Å². The Hall–Kier alpha value is -3.46. The van der Waals surface area contributed by atoms with Gasteiger partial charge in [0.1, 0.15) is 18.0 Å². The van der Waals surface area contributed by atoms with Gasteiger partial charge in [0.25, 0.3) is 0 Å². The number of methoxy groups -OCH3 is 2.